The Kier molecular flexibility index (Phi) is 4.03. The summed E-state index contributed by atoms with van der Waals surface area (Å²) in [6.45, 7) is 1.33. The number of nitrogens with zero attached hydrogens (tertiary/aromatic N) is 4. The Morgan fingerprint density at radius 2 is 2.08 bits per heavy atom. The standard InChI is InChI=1S/C17H18N4O2S/c22-11-13-10-21(19-18-13)14-5-7-20(8-6-14)17(23)16-9-12-3-1-2-4-15(12)24-16/h1-4,9-10,14,22H,5-8,11H2. The van der Waals surface area contributed by atoms with Crippen molar-refractivity contribution < 1.29 is 9.90 Å². The summed E-state index contributed by atoms with van der Waals surface area (Å²) in [6.07, 6.45) is 3.49. The first-order valence-corrected chi connectivity index (χ1v) is 8.85. The Bertz CT molecular complexity index is 831. The number of aliphatic hydroxyl groups is 1. The number of thiophene rings is 1. The van der Waals surface area contributed by atoms with Crippen molar-refractivity contribution in [3.8, 4) is 0 Å². The molecule has 1 aliphatic rings. The van der Waals surface area contributed by atoms with Crippen LogP contribution in [0, 0.1) is 0 Å². The molecule has 0 atom stereocenters. The van der Waals surface area contributed by atoms with Gasteiger partial charge in [0, 0.05) is 17.8 Å². The Labute approximate surface area is 143 Å². The third kappa shape index (κ3) is 2.81. The number of hydrogen-bond donors (Lipinski definition) is 1. The Morgan fingerprint density at radius 3 is 2.79 bits per heavy atom. The highest BCUT2D eigenvalue weighted by atomic mass is 32.1. The predicted octanol–water partition coefficient (Wildman–Crippen LogP) is 2.46. The van der Waals surface area contributed by atoms with Crippen LogP contribution in [0.25, 0.3) is 10.1 Å². The molecule has 7 heteroatoms. The second kappa shape index (κ2) is 6.33. The van der Waals surface area contributed by atoms with Crippen LogP contribution in [0.3, 0.4) is 0 Å². The van der Waals surface area contributed by atoms with Crippen molar-refractivity contribution in [3.05, 3.63) is 47.1 Å². The molecule has 0 saturated carbocycles. The average molecular weight is 342 g/mol. The minimum absolute atomic E-state index is 0.0940. The monoisotopic (exact) mass is 342 g/mol. The zero-order chi connectivity index (χ0) is 16.5. The van der Waals surface area contributed by atoms with Crippen LogP contribution in [-0.2, 0) is 6.61 Å². The quantitative estimate of drug-likeness (QED) is 0.794. The number of likely N-dealkylation sites (tertiary alicyclic amines) is 1. The molecule has 0 aliphatic carbocycles. The molecule has 3 aromatic rings. The Morgan fingerprint density at radius 1 is 1.29 bits per heavy atom. The van der Waals surface area contributed by atoms with Gasteiger partial charge in [-0.25, -0.2) is 4.68 Å². The van der Waals surface area contributed by atoms with Gasteiger partial charge >= 0.3 is 0 Å². The normalized spacial score (nSPS) is 16.0. The maximum absolute atomic E-state index is 12.7. The van der Waals surface area contributed by atoms with Gasteiger partial charge in [-0.1, -0.05) is 23.4 Å². The molecule has 3 heterocycles. The summed E-state index contributed by atoms with van der Waals surface area (Å²) in [5.74, 6) is 0.115. The first kappa shape index (κ1) is 15.3. The van der Waals surface area contributed by atoms with Crippen LogP contribution >= 0.6 is 11.3 Å². The summed E-state index contributed by atoms with van der Waals surface area (Å²) in [5.41, 5.74) is 0.582. The van der Waals surface area contributed by atoms with Gasteiger partial charge in [0.25, 0.3) is 5.91 Å². The molecule has 1 fully saturated rings. The molecule has 1 amide bonds. The van der Waals surface area contributed by atoms with Crippen molar-refractivity contribution in [2.45, 2.75) is 25.5 Å². The maximum atomic E-state index is 12.7. The lowest BCUT2D eigenvalue weighted by Crippen LogP contribution is -2.38. The van der Waals surface area contributed by atoms with Gasteiger partial charge in [0.1, 0.15) is 5.69 Å². The number of piperidine rings is 1. The van der Waals surface area contributed by atoms with E-state index in [2.05, 4.69) is 10.3 Å². The number of carbonyl (C=O) groups excluding carboxylic acids is 1. The molecule has 6 nitrogen and oxygen atoms in total. The lowest BCUT2D eigenvalue weighted by atomic mass is 10.1. The molecule has 1 aromatic carbocycles. The van der Waals surface area contributed by atoms with Crippen LogP contribution < -0.4 is 0 Å². The van der Waals surface area contributed by atoms with E-state index in [-0.39, 0.29) is 18.6 Å². The highest BCUT2D eigenvalue weighted by molar-refractivity contribution is 7.20. The number of aromatic nitrogens is 3. The van der Waals surface area contributed by atoms with E-state index in [0.29, 0.717) is 18.8 Å². The minimum atomic E-state index is -0.0940. The Hall–Kier alpha value is -2.25. The molecule has 1 N–H and O–H groups in total. The zero-order valence-corrected chi connectivity index (χ0v) is 13.9. The van der Waals surface area contributed by atoms with E-state index in [1.807, 2.05) is 39.9 Å². The van der Waals surface area contributed by atoms with E-state index in [9.17, 15) is 4.79 Å². The van der Waals surface area contributed by atoms with Crippen molar-refractivity contribution in [2.75, 3.05) is 13.1 Å². The summed E-state index contributed by atoms with van der Waals surface area (Å²) in [7, 11) is 0. The molecule has 1 saturated heterocycles. The van der Waals surface area contributed by atoms with Crippen LogP contribution in [0.1, 0.15) is 34.2 Å². The molecule has 0 bridgehead atoms. The number of fused-ring (bicyclic) bond motifs is 1. The zero-order valence-electron chi connectivity index (χ0n) is 13.1. The van der Waals surface area contributed by atoms with Gasteiger partial charge in [-0.05, 0) is 30.4 Å². The summed E-state index contributed by atoms with van der Waals surface area (Å²) < 4.78 is 2.96. The molecule has 4 rings (SSSR count). The molecular weight excluding hydrogens is 324 g/mol. The van der Waals surface area contributed by atoms with E-state index in [4.69, 9.17) is 5.11 Å². The number of hydrogen-bond acceptors (Lipinski definition) is 5. The van der Waals surface area contributed by atoms with Gasteiger partial charge in [0.2, 0.25) is 0 Å². The van der Waals surface area contributed by atoms with Crippen molar-refractivity contribution >= 4 is 27.3 Å². The number of benzene rings is 1. The van der Waals surface area contributed by atoms with Crippen molar-refractivity contribution in [3.63, 3.8) is 0 Å². The van der Waals surface area contributed by atoms with E-state index < -0.39 is 0 Å². The second-order valence-corrected chi connectivity index (χ2v) is 7.10. The Balaban J connectivity index is 1.44. The van der Waals surface area contributed by atoms with Gasteiger partial charge in [0.15, 0.2) is 0 Å². The van der Waals surface area contributed by atoms with E-state index in [1.165, 1.54) is 0 Å². The highest BCUT2D eigenvalue weighted by Gasteiger charge is 2.26. The smallest absolute Gasteiger partial charge is 0.263 e. The van der Waals surface area contributed by atoms with Gasteiger partial charge in [-0.15, -0.1) is 16.4 Å². The van der Waals surface area contributed by atoms with Crippen LogP contribution in [0.4, 0.5) is 0 Å². The van der Waals surface area contributed by atoms with Gasteiger partial charge < -0.3 is 10.0 Å². The lowest BCUT2D eigenvalue weighted by Gasteiger charge is -2.31. The molecule has 0 spiro atoms. The number of amides is 1. The fourth-order valence-corrected chi connectivity index (χ4v) is 4.17. The van der Waals surface area contributed by atoms with Crippen molar-refractivity contribution in [1.82, 2.24) is 19.9 Å². The topological polar surface area (TPSA) is 71.2 Å². The van der Waals surface area contributed by atoms with Gasteiger partial charge in [-0.2, -0.15) is 0 Å². The first-order chi connectivity index (χ1) is 11.7. The van der Waals surface area contributed by atoms with Crippen LogP contribution in [-0.4, -0.2) is 44.0 Å². The number of aliphatic hydroxyl groups excluding tert-OH is 1. The molecule has 124 valence electrons. The number of rotatable bonds is 3. The third-order valence-electron chi connectivity index (χ3n) is 4.48. The van der Waals surface area contributed by atoms with Gasteiger partial charge in [0.05, 0.1) is 23.7 Å². The molecule has 2 aromatic heterocycles. The first-order valence-electron chi connectivity index (χ1n) is 8.04. The molecule has 1 aliphatic heterocycles. The average Bonchev–Trinajstić information content (AvgIpc) is 3.28. The van der Waals surface area contributed by atoms with Gasteiger partial charge in [-0.3, -0.25) is 4.79 Å². The summed E-state index contributed by atoms with van der Waals surface area (Å²) in [5, 5.41) is 18.2. The van der Waals surface area contributed by atoms with E-state index in [0.717, 1.165) is 27.8 Å². The second-order valence-electron chi connectivity index (χ2n) is 6.02. The van der Waals surface area contributed by atoms with Crippen molar-refractivity contribution in [1.29, 1.82) is 0 Å². The largest absolute Gasteiger partial charge is 0.390 e. The SMILES string of the molecule is O=C(c1cc2ccccc2s1)N1CCC(n2cc(CO)nn2)CC1. The summed E-state index contributed by atoms with van der Waals surface area (Å²) in [6, 6.07) is 10.3. The lowest BCUT2D eigenvalue weighted by molar-refractivity contribution is 0.0694. The molecule has 24 heavy (non-hydrogen) atoms. The summed E-state index contributed by atoms with van der Waals surface area (Å²) >= 11 is 1.56. The third-order valence-corrected chi connectivity index (χ3v) is 5.59. The van der Waals surface area contributed by atoms with Crippen molar-refractivity contribution in [2.24, 2.45) is 0 Å². The summed E-state index contributed by atoms with van der Waals surface area (Å²) in [4.78, 5) is 15.5. The molecule has 0 radical (unpaired) electrons. The molecule has 0 unspecified atom stereocenters. The maximum Gasteiger partial charge on any atom is 0.263 e. The fourth-order valence-electron chi connectivity index (χ4n) is 3.14. The molecular formula is C17H18N4O2S. The minimum Gasteiger partial charge on any atom is -0.390 e. The van der Waals surface area contributed by atoms with Crippen LogP contribution in [0.15, 0.2) is 36.5 Å². The van der Waals surface area contributed by atoms with Crippen LogP contribution in [0.2, 0.25) is 0 Å². The predicted molar refractivity (Wildman–Crippen MR) is 91.9 cm³/mol. The number of carbonyl (C=O) groups is 1. The van der Waals surface area contributed by atoms with E-state index in [1.54, 1.807) is 17.5 Å². The van der Waals surface area contributed by atoms with E-state index >= 15 is 0 Å². The fraction of sp³-hybridized carbons (Fsp3) is 0.353. The highest BCUT2D eigenvalue weighted by Crippen LogP contribution is 2.28. The van der Waals surface area contributed by atoms with Crippen LogP contribution in [0.5, 0.6) is 0 Å².